The Morgan fingerprint density at radius 3 is 2.40 bits per heavy atom. The topological polar surface area (TPSA) is 6.25 Å². The van der Waals surface area contributed by atoms with Crippen molar-refractivity contribution < 1.29 is 4.58 Å². The minimum Gasteiger partial charge on any atom is -0.347 e. The molecule has 1 fully saturated rings. The Labute approximate surface area is 297 Å². The molecule has 0 aromatic heterocycles. The van der Waals surface area contributed by atoms with E-state index >= 15 is 0 Å². The van der Waals surface area contributed by atoms with Crippen LogP contribution in [0.5, 0.6) is 0 Å². The number of hydrogen-bond acceptors (Lipinski definition) is 1. The van der Waals surface area contributed by atoms with E-state index in [9.17, 15) is 0 Å². The summed E-state index contributed by atoms with van der Waals surface area (Å²) in [6.07, 6.45) is 20.0. The summed E-state index contributed by atoms with van der Waals surface area (Å²) in [4.78, 5) is 2.41. The van der Waals surface area contributed by atoms with Crippen LogP contribution in [-0.2, 0) is 17.3 Å². The molecule has 0 spiro atoms. The molecular formula is C44H47Cl2N2+. The fraction of sp³-hybridized carbons (Fsp3) is 0.341. The molecule has 2 nitrogen and oxygen atoms in total. The lowest BCUT2D eigenvalue weighted by atomic mass is 9.74. The average molecular weight is 675 g/mol. The molecule has 0 amide bonds. The minimum atomic E-state index is -0.273. The Hall–Kier alpha value is -3.59. The number of rotatable bonds is 9. The predicted octanol–water partition coefficient (Wildman–Crippen LogP) is 12.1. The third kappa shape index (κ3) is 5.76. The number of nitrogens with zero attached hydrogens (tertiary/aromatic N) is 2. The van der Waals surface area contributed by atoms with E-state index in [-0.39, 0.29) is 10.8 Å². The van der Waals surface area contributed by atoms with E-state index in [2.05, 4.69) is 147 Å². The first kappa shape index (κ1) is 32.9. The summed E-state index contributed by atoms with van der Waals surface area (Å²) in [5.74, 6) is 0.789. The highest BCUT2D eigenvalue weighted by atomic mass is 35.5. The molecule has 4 aromatic rings. The smallest absolute Gasteiger partial charge is 0.211 e. The Morgan fingerprint density at radius 2 is 1.62 bits per heavy atom. The van der Waals surface area contributed by atoms with Crippen LogP contribution >= 0.6 is 23.2 Å². The van der Waals surface area contributed by atoms with E-state index in [1.165, 1.54) is 82.4 Å². The van der Waals surface area contributed by atoms with E-state index in [1.54, 1.807) is 0 Å². The fourth-order valence-corrected chi connectivity index (χ4v) is 9.24. The molecule has 48 heavy (non-hydrogen) atoms. The zero-order chi connectivity index (χ0) is 33.5. The molecule has 246 valence electrons. The number of anilines is 1. The van der Waals surface area contributed by atoms with Crippen molar-refractivity contribution in [2.75, 3.05) is 18.5 Å². The van der Waals surface area contributed by atoms with E-state index < -0.39 is 0 Å². The highest BCUT2D eigenvalue weighted by Gasteiger charge is 2.48. The van der Waals surface area contributed by atoms with E-state index in [0.717, 1.165) is 25.3 Å². The number of fused-ring (bicyclic) bond motifs is 4. The zero-order valence-electron chi connectivity index (χ0n) is 28.8. The molecule has 2 aliphatic heterocycles. The van der Waals surface area contributed by atoms with Gasteiger partial charge in [0.05, 0.1) is 15.5 Å². The van der Waals surface area contributed by atoms with Crippen molar-refractivity contribution >= 4 is 51.1 Å². The summed E-state index contributed by atoms with van der Waals surface area (Å²) >= 11 is 13.5. The maximum Gasteiger partial charge on any atom is 0.211 e. The van der Waals surface area contributed by atoms with Crippen molar-refractivity contribution in [3.63, 3.8) is 0 Å². The van der Waals surface area contributed by atoms with Crippen molar-refractivity contribution in [3.8, 4) is 0 Å². The summed E-state index contributed by atoms with van der Waals surface area (Å²) in [5, 5.41) is 3.87. The molecular weight excluding hydrogens is 627 g/mol. The zero-order valence-corrected chi connectivity index (χ0v) is 30.3. The van der Waals surface area contributed by atoms with Crippen LogP contribution in [0.25, 0.3) is 10.8 Å². The van der Waals surface area contributed by atoms with E-state index in [4.69, 9.17) is 23.2 Å². The first-order chi connectivity index (χ1) is 23.2. The van der Waals surface area contributed by atoms with Gasteiger partial charge in [-0.25, -0.2) is 0 Å². The van der Waals surface area contributed by atoms with Crippen LogP contribution in [-0.4, -0.2) is 23.9 Å². The lowest BCUT2D eigenvalue weighted by Gasteiger charge is -2.28. The summed E-state index contributed by atoms with van der Waals surface area (Å²) in [7, 11) is 2.23. The normalized spacial score (nSPS) is 23.5. The summed E-state index contributed by atoms with van der Waals surface area (Å²) < 4.78 is 2.56. The third-order valence-corrected chi connectivity index (χ3v) is 12.2. The fourth-order valence-electron chi connectivity index (χ4n) is 8.92. The van der Waals surface area contributed by atoms with Crippen LogP contribution in [0.4, 0.5) is 11.4 Å². The van der Waals surface area contributed by atoms with Crippen molar-refractivity contribution in [2.24, 2.45) is 5.92 Å². The number of likely N-dealkylation sites (N-methyl/N-ethyl adjacent to an activating group) is 1. The molecule has 4 aromatic carbocycles. The monoisotopic (exact) mass is 673 g/mol. The van der Waals surface area contributed by atoms with Gasteiger partial charge in [-0.2, -0.15) is 4.58 Å². The lowest BCUT2D eigenvalue weighted by Crippen LogP contribution is -2.34. The Kier molecular flexibility index (Phi) is 9.18. The Morgan fingerprint density at radius 1 is 0.896 bits per heavy atom. The second-order valence-electron chi connectivity index (χ2n) is 14.5. The molecule has 3 aliphatic rings. The Bertz CT molecular complexity index is 1960. The van der Waals surface area contributed by atoms with Gasteiger partial charge in [0.1, 0.15) is 6.54 Å². The van der Waals surface area contributed by atoms with Gasteiger partial charge in [0, 0.05) is 48.0 Å². The largest absolute Gasteiger partial charge is 0.347 e. The summed E-state index contributed by atoms with van der Waals surface area (Å²) in [6.45, 7) is 7.91. The van der Waals surface area contributed by atoms with Gasteiger partial charge in [-0.1, -0.05) is 128 Å². The van der Waals surface area contributed by atoms with Gasteiger partial charge in [-0.15, -0.1) is 0 Å². The lowest BCUT2D eigenvalue weighted by molar-refractivity contribution is -0.439. The second kappa shape index (κ2) is 13.4. The minimum absolute atomic E-state index is 0.165. The molecule has 2 heterocycles. The molecule has 7 rings (SSSR count). The van der Waals surface area contributed by atoms with Gasteiger partial charge in [0.15, 0.2) is 5.71 Å². The van der Waals surface area contributed by atoms with Crippen molar-refractivity contribution in [1.82, 2.24) is 0 Å². The van der Waals surface area contributed by atoms with Gasteiger partial charge in [0.25, 0.3) is 0 Å². The number of halogens is 2. The van der Waals surface area contributed by atoms with Crippen LogP contribution in [0.1, 0.15) is 76.0 Å². The molecule has 0 bridgehead atoms. The van der Waals surface area contributed by atoms with Crippen molar-refractivity contribution in [3.05, 3.63) is 142 Å². The molecule has 1 saturated carbocycles. The average Bonchev–Trinajstić information content (AvgIpc) is 3.75. The van der Waals surface area contributed by atoms with Gasteiger partial charge in [-0.3, -0.25) is 0 Å². The molecule has 0 N–H and O–H groups in total. The van der Waals surface area contributed by atoms with Crippen molar-refractivity contribution in [2.45, 2.75) is 76.5 Å². The van der Waals surface area contributed by atoms with Crippen LogP contribution in [0, 0.1) is 5.92 Å². The van der Waals surface area contributed by atoms with E-state index in [0.29, 0.717) is 10.0 Å². The molecule has 0 radical (unpaired) electrons. The van der Waals surface area contributed by atoms with E-state index in [1.807, 2.05) is 0 Å². The van der Waals surface area contributed by atoms with Gasteiger partial charge < -0.3 is 4.90 Å². The number of hydrogen-bond donors (Lipinski definition) is 0. The van der Waals surface area contributed by atoms with Crippen molar-refractivity contribution in [1.29, 1.82) is 0 Å². The SMILES string of the molecule is C/C=C/CC1(C)/C(=C\C=C\C2=[N+](CCC3CCCC3)c3cc(Cl)c(Cl)cc3C2(C)Cc2ccccc2)N(C)c2ccc3ccccc3c21. The van der Waals surface area contributed by atoms with Gasteiger partial charge in [0.2, 0.25) is 5.69 Å². The molecule has 2 unspecified atom stereocenters. The molecule has 0 saturated heterocycles. The summed E-state index contributed by atoms with van der Waals surface area (Å²) in [5.41, 5.74) is 8.66. The quantitative estimate of drug-likeness (QED) is 0.127. The highest BCUT2D eigenvalue weighted by molar-refractivity contribution is 6.42. The maximum absolute atomic E-state index is 6.77. The molecule has 2 atom stereocenters. The standard InChI is InChI=1S/C44H47Cl2N2/c1-5-6-26-43(2)40(47(4)38-24-23-33-19-12-13-20-34(33)42(38)43)21-14-22-41-44(3,30-32-17-8-7-9-18-32)35-28-36(45)37(46)29-39(35)48(41)27-25-31-15-10-11-16-31/h5-9,12-14,17-24,28-29,31H,10-11,15-16,25-27,30H2,1-4H3/q+1/b6-5+. The van der Waals surface area contributed by atoms with Crippen LogP contribution in [0.2, 0.25) is 10.0 Å². The number of benzene rings is 4. The molecule has 4 heteroatoms. The number of allylic oxidation sites excluding steroid dienone is 6. The van der Waals surface area contributed by atoms with Gasteiger partial charge in [-0.05, 0) is 79.6 Å². The summed E-state index contributed by atoms with van der Waals surface area (Å²) in [6, 6.07) is 28.5. The predicted molar refractivity (Wildman–Crippen MR) is 207 cm³/mol. The van der Waals surface area contributed by atoms with Gasteiger partial charge >= 0.3 is 0 Å². The first-order valence-corrected chi connectivity index (χ1v) is 18.4. The highest BCUT2D eigenvalue weighted by Crippen LogP contribution is 2.52. The van der Waals surface area contributed by atoms with Crippen LogP contribution in [0.15, 0.2) is 115 Å². The maximum atomic E-state index is 6.77. The first-order valence-electron chi connectivity index (χ1n) is 17.7. The second-order valence-corrected chi connectivity index (χ2v) is 15.3. The third-order valence-electron chi connectivity index (χ3n) is 11.4. The Balaban J connectivity index is 1.36. The van der Waals surface area contributed by atoms with Crippen LogP contribution < -0.4 is 4.90 Å². The van der Waals surface area contributed by atoms with Crippen LogP contribution in [0.3, 0.4) is 0 Å². The molecule has 1 aliphatic carbocycles.